The van der Waals surface area contributed by atoms with E-state index in [1.54, 1.807) is 45.2 Å². The van der Waals surface area contributed by atoms with Crippen molar-refractivity contribution in [1.29, 1.82) is 0 Å². The summed E-state index contributed by atoms with van der Waals surface area (Å²) in [6.45, 7) is 6.37. The summed E-state index contributed by atoms with van der Waals surface area (Å²) in [7, 11) is 1.56. The second-order valence-corrected chi connectivity index (χ2v) is 16.7. The van der Waals surface area contributed by atoms with Crippen LogP contribution in [-0.2, 0) is 29.3 Å². The number of anilines is 3. The molecule has 3 saturated heterocycles. The van der Waals surface area contributed by atoms with Gasteiger partial charge in [0.25, 0.3) is 11.8 Å². The quantitative estimate of drug-likeness (QED) is 0.145. The van der Waals surface area contributed by atoms with Crippen LogP contribution in [0.15, 0.2) is 90.5 Å². The first kappa shape index (κ1) is 38.2. The minimum atomic E-state index is -1.51. The van der Waals surface area contributed by atoms with Crippen LogP contribution < -0.4 is 20.0 Å². The SMILES string of the molecule is COc1ccc([C@@]23C(=O)N(Nc4ccc(Cl)cc4Cl)C(=O)[C@@H]2C[C@@H]2C(=CC[C@@H]4C(=O)N(c5ccc(N6CCOCC6)cc5)C(=O)[C@@H]42)[C@@H]3c2cc(C)c(O)c(C)c2)cc1. The van der Waals surface area contributed by atoms with Crippen molar-refractivity contribution >= 4 is 63.9 Å². The molecule has 298 valence electrons. The number of morpholine rings is 1. The van der Waals surface area contributed by atoms with Crippen LogP contribution in [0.5, 0.6) is 11.5 Å². The topological polar surface area (TPSA) is 129 Å². The van der Waals surface area contributed by atoms with Crippen LogP contribution in [0.4, 0.5) is 17.1 Å². The number of carbonyl (C=O) groups excluding carboxylic acids is 4. The Bertz CT molecular complexity index is 2370. The van der Waals surface area contributed by atoms with E-state index in [1.165, 1.54) is 11.0 Å². The zero-order valence-electron chi connectivity index (χ0n) is 32.2. The molecule has 2 N–H and O–H groups in total. The van der Waals surface area contributed by atoms with Crippen molar-refractivity contribution in [2.24, 2.45) is 23.7 Å². The van der Waals surface area contributed by atoms with E-state index in [9.17, 15) is 14.7 Å². The molecule has 11 nitrogen and oxygen atoms in total. The summed E-state index contributed by atoms with van der Waals surface area (Å²) in [5.41, 5.74) is 6.64. The van der Waals surface area contributed by atoms with Gasteiger partial charge in [-0.3, -0.25) is 29.5 Å². The van der Waals surface area contributed by atoms with Crippen molar-refractivity contribution in [3.63, 3.8) is 0 Å². The number of nitrogens with zero attached hydrogens (tertiary/aromatic N) is 3. The van der Waals surface area contributed by atoms with Crippen molar-refractivity contribution in [1.82, 2.24) is 5.01 Å². The zero-order valence-corrected chi connectivity index (χ0v) is 33.7. The molecule has 0 bridgehead atoms. The van der Waals surface area contributed by atoms with Crippen LogP contribution in [-0.4, -0.2) is 67.2 Å². The number of carbonyl (C=O) groups is 4. The normalized spacial score (nSPS) is 26.7. The first-order valence-electron chi connectivity index (χ1n) is 19.5. The van der Waals surface area contributed by atoms with Gasteiger partial charge in [-0.15, -0.1) is 0 Å². The maximum absolute atomic E-state index is 15.6. The molecule has 0 unspecified atom stereocenters. The highest BCUT2D eigenvalue weighted by Crippen LogP contribution is 2.64. The molecule has 6 atom stereocenters. The van der Waals surface area contributed by atoms with E-state index in [1.807, 2.05) is 54.6 Å². The Morgan fingerprint density at radius 3 is 2.16 bits per heavy atom. The predicted molar refractivity (Wildman–Crippen MR) is 220 cm³/mol. The Hall–Kier alpha value is -5.36. The number of nitrogens with one attached hydrogen (secondary N) is 1. The molecule has 1 saturated carbocycles. The van der Waals surface area contributed by atoms with E-state index >= 15 is 9.59 Å². The standard InChI is InChI=1S/C45H42Cl2N4O7/c1-24-20-26(21-25(2)40(24)52)39-32-13-14-33-38(43(55)50(41(33)53)30-9-7-29(8-10-30)49-16-18-58-19-17-49)34(32)23-35-42(54)51(48-37-15-6-28(46)22-36(37)47)44(56)45(35,39)27-4-11-31(57-3)12-5-27/h4-13,15,20-22,33-35,38-39,48,52H,14,16-19,23H2,1-3H3/t33-,34+,35-,38-,39-,45+/m0/s1. The molecule has 4 aromatic carbocycles. The van der Waals surface area contributed by atoms with Gasteiger partial charge in [-0.1, -0.05) is 59.1 Å². The van der Waals surface area contributed by atoms with Crippen LogP contribution in [0, 0.1) is 37.5 Å². The third-order valence-corrected chi connectivity index (χ3v) is 13.5. The lowest BCUT2D eigenvalue weighted by Gasteiger charge is -2.50. The molecular weight excluding hydrogens is 779 g/mol. The largest absolute Gasteiger partial charge is 0.507 e. The number of halogens is 2. The number of methoxy groups -OCH3 is 1. The fourth-order valence-corrected chi connectivity index (χ4v) is 10.7. The smallest absolute Gasteiger partial charge is 0.260 e. The zero-order chi connectivity index (χ0) is 40.6. The summed E-state index contributed by atoms with van der Waals surface area (Å²) in [6.07, 6.45) is 2.44. The molecule has 9 rings (SSSR count). The predicted octanol–water partition coefficient (Wildman–Crippen LogP) is 7.35. The number of hydrazine groups is 1. The van der Waals surface area contributed by atoms with Crippen LogP contribution in [0.1, 0.15) is 41.0 Å². The minimum Gasteiger partial charge on any atom is -0.507 e. The molecule has 58 heavy (non-hydrogen) atoms. The van der Waals surface area contributed by atoms with E-state index < -0.39 is 46.8 Å². The van der Waals surface area contributed by atoms with Gasteiger partial charge >= 0.3 is 0 Å². The van der Waals surface area contributed by atoms with Crippen LogP contribution in [0.25, 0.3) is 0 Å². The number of aromatic hydroxyl groups is 1. The summed E-state index contributed by atoms with van der Waals surface area (Å²) in [4.78, 5) is 63.3. The number of ether oxygens (including phenoxy) is 2. The Morgan fingerprint density at radius 1 is 0.828 bits per heavy atom. The molecule has 0 spiro atoms. The first-order chi connectivity index (χ1) is 27.9. The Labute approximate surface area is 346 Å². The van der Waals surface area contributed by atoms with Crippen molar-refractivity contribution in [2.45, 2.75) is 38.0 Å². The average Bonchev–Trinajstić information content (AvgIpc) is 3.61. The molecule has 3 heterocycles. The van der Waals surface area contributed by atoms with Crippen LogP contribution in [0.3, 0.4) is 0 Å². The first-order valence-corrected chi connectivity index (χ1v) is 20.2. The van der Waals surface area contributed by atoms with Gasteiger partial charge in [0, 0.05) is 29.7 Å². The number of hydrogen-bond donors (Lipinski definition) is 2. The maximum Gasteiger partial charge on any atom is 0.260 e. The molecular formula is C45H42Cl2N4O7. The Kier molecular flexibility index (Phi) is 9.53. The fraction of sp³-hybridized carbons (Fsp3) is 0.333. The highest BCUT2D eigenvalue weighted by molar-refractivity contribution is 6.36. The van der Waals surface area contributed by atoms with Gasteiger partial charge in [-0.2, -0.15) is 5.01 Å². The van der Waals surface area contributed by atoms with E-state index in [4.69, 9.17) is 32.7 Å². The molecule has 4 fully saturated rings. The lowest BCUT2D eigenvalue weighted by molar-refractivity contribution is -0.138. The number of amides is 4. The Morgan fingerprint density at radius 2 is 1.50 bits per heavy atom. The molecule has 4 aromatic rings. The van der Waals surface area contributed by atoms with Gasteiger partial charge in [0.15, 0.2) is 0 Å². The van der Waals surface area contributed by atoms with Gasteiger partial charge in [-0.25, -0.2) is 0 Å². The number of phenolic OH excluding ortho intramolecular Hbond substituents is 1. The van der Waals surface area contributed by atoms with Gasteiger partial charge in [0.1, 0.15) is 11.5 Å². The summed E-state index contributed by atoms with van der Waals surface area (Å²) < 4.78 is 11.0. The third-order valence-electron chi connectivity index (χ3n) is 12.9. The fourth-order valence-electron chi connectivity index (χ4n) is 10.3. The van der Waals surface area contributed by atoms with E-state index in [0.717, 1.165) is 29.4 Å². The summed E-state index contributed by atoms with van der Waals surface area (Å²) >= 11 is 12.8. The van der Waals surface area contributed by atoms with E-state index in [2.05, 4.69) is 10.3 Å². The maximum atomic E-state index is 15.6. The highest BCUT2D eigenvalue weighted by atomic mass is 35.5. The minimum absolute atomic E-state index is 0.130. The summed E-state index contributed by atoms with van der Waals surface area (Å²) in [6, 6.07) is 23.1. The number of benzene rings is 4. The van der Waals surface area contributed by atoms with Gasteiger partial charge in [0.2, 0.25) is 11.8 Å². The second kappa shape index (κ2) is 14.5. The number of imide groups is 2. The van der Waals surface area contributed by atoms with Crippen molar-refractivity contribution < 1.29 is 33.8 Å². The van der Waals surface area contributed by atoms with E-state index in [0.29, 0.717) is 57.6 Å². The number of hydrogen-bond acceptors (Lipinski definition) is 9. The summed E-state index contributed by atoms with van der Waals surface area (Å²) in [5.74, 6) is -4.59. The summed E-state index contributed by atoms with van der Waals surface area (Å²) in [5, 5.41) is 12.6. The molecule has 3 aliphatic heterocycles. The highest BCUT2D eigenvalue weighted by Gasteiger charge is 2.70. The second-order valence-electron chi connectivity index (χ2n) is 15.8. The lowest BCUT2D eigenvalue weighted by atomic mass is 9.49. The number of rotatable bonds is 7. The molecule has 0 aromatic heterocycles. The number of allylic oxidation sites excluding steroid dienone is 2. The lowest BCUT2D eigenvalue weighted by Crippen LogP contribution is -2.53. The monoisotopic (exact) mass is 820 g/mol. The van der Waals surface area contributed by atoms with Crippen LogP contribution >= 0.6 is 23.2 Å². The third kappa shape index (κ3) is 5.80. The molecule has 5 aliphatic rings. The molecule has 2 aliphatic carbocycles. The molecule has 0 radical (unpaired) electrons. The molecule has 13 heteroatoms. The van der Waals surface area contributed by atoms with E-state index in [-0.39, 0.29) is 35.4 Å². The van der Waals surface area contributed by atoms with Gasteiger partial charge in [0.05, 0.1) is 59.9 Å². The number of aryl methyl sites for hydroxylation is 2. The average molecular weight is 822 g/mol. The van der Waals surface area contributed by atoms with Gasteiger partial charge in [-0.05, 0) is 109 Å². The Balaban J connectivity index is 1.19. The number of fused-ring (bicyclic) bond motifs is 4. The van der Waals surface area contributed by atoms with Crippen molar-refractivity contribution in [2.75, 3.05) is 48.6 Å². The van der Waals surface area contributed by atoms with Crippen molar-refractivity contribution in [3.8, 4) is 11.5 Å². The molecule has 4 amide bonds. The van der Waals surface area contributed by atoms with Crippen LogP contribution in [0.2, 0.25) is 10.0 Å². The number of phenols is 1. The van der Waals surface area contributed by atoms with Crippen molar-refractivity contribution in [3.05, 3.63) is 123 Å². The van der Waals surface area contributed by atoms with Gasteiger partial charge < -0.3 is 19.5 Å².